The molecule has 1 N–H and O–H groups in total. The summed E-state index contributed by atoms with van der Waals surface area (Å²) in [5.41, 5.74) is 3.67. The Labute approximate surface area is 211 Å². The summed E-state index contributed by atoms with van der Waals surface area (Å²) < 4.78 is 18.7. The molecule has 0 bridgehead atoms. The van der Waals surface area contributed by atoms with Crippen molar-refractivity contribution in [3.63, 3.8) is 0 Å². The van der Waals surface area contributed by atoms with Crippen LogP contribution in [0.25, 0.3) is 0 Å². The van der Waals surface area contributed by atoms with Crippen LogP contribution in [0.5, 0.6) is 5.75 Å². The first kappa shape index (κ1) is 23.9. The highest BCUT2D eigenvalue weighted by atomic mass is 19.1. The number of urea groups is 1. The number of carbonyl (C=O) groups is 1. The van der Waals surface area contributed by atoms with Gasteiger partial charge >= 0.3 is 6.03 Å². The maximum Gasteiger partial charge on any atom is 0.321 e. The van der Waals surface area contributed by atoms with E-state index in [4.69, 9.17) is 4.74 Å². The highest BCUT2D eigenvalue weighted by molar-refractivity contribution is 5.89. The molecular formula is C30H30FN3O2. The van der Waals surface area contributed by atoms with E-state index >= 15 is 0 Å². The van der Waals surface area contributed by atoms with Gasteiger partial charge < -0.3 is 15.0 Å². The Bertz CT molecular complexity index is 1260. The van der Waals surface area contributed by atoms with Crippen LogP contribution < -0.4 is 10.1 Å². The summed E-state index contributed by atoms with van der Waals surface area (Å²) >= 11 is 0. The van der Waals surface area contributed by atoms with Crippen molar-refractivity contribution in [3.05, 3.63) is 95.3 Å². The number of fused-ring (bicyclic) bond motifs is 1. The van der Waals surface area contributed by atoms with Gasteiger partial charge in [-0.3, -0.25) is 4.90 Å². The van der Waals surface area contributed by atoms with Gasteiger partial charge in [-0.1, -0.05) is 30.0 Å². The highest BCUT2D eigenvalue weighted by Crippen LogP contribution is 2.36. The van der Waals surface area contributed by atoms with Gasteiger partial charge in [-0.15, -0.1) is 0 Å². The zero-order valence-corrected chi connectivity index (χ0v) is 20.4. The van der Waals surface area contributed by atoms with E-state index in [0.29, 0.717) is 24.7 Å². The summed E-state index contributed by atoms with van der Waals surface area (Å²) in [5.74, 6) is 7.27. The third kappa shape index (κ3) is 5.53. The molecule has 0 aliphatic carbocycles. The van der Waals surface area contributed by atoms with Crippen LogP contribution in [0, 0.1) is 17.7 Å². The second-order valence-corrected chi connectivity index (χ2v) is 9.36. The number of hydrogen-bond acceptors (Lipinski definition) is 3. The summed E-state index contributed by atoms with van der Waals surface area (Å²) in [6.45, 7) is 3.43. The Morgan fingerprint density at radius 2 is 1.64 bits per heavy atom. The largest absolute Gasteiger partial charge is 0.497 e. The van der Waals surface area contributed by atoms with Gasteiger partial charge in [0, 0.05) is 48.4 Å². The molecule has 2 heterocycles. The SMILES string of the molecule is COc1ccc(C#Cc2ccc([C@@H]3CN4CCCCN(C(=O)Nc5cccc(F)c5)C[C@H]34)cc2)cc1. The van der Waals surface area contributed by atoms with Gasteiger partial charge in [0.1, 0.15) is 11.6 Å². The van der Waals surface area contributed by atoms with E-state index in [9.17, 15) is 9.18 Å². The maximum absolute atomic E-state index is 13.5. The van der Waals surface area contributed by atoms with E-state index in [1.54, 1.807) is 19.2 Å². The number of hydrogen-bond donors (Lipinski definition) is 1. The summed E-state index contributed by atoms with van der Waals surface area (Å²) in [5, 5.41) is 2.86. The van der Waals surface area contributed by atoms with E-state index in [0.717, 1.165) is 42.8 Å². The molecule has 3 aromatic rings. The van der Waals surface area contributed by atoms with E-state index < -0.39 is 0 Å². The van der Waals surface area contributed by atoms with Crippen molar-refractivity contribution in [2.45, 2.75) is 24.8 Å². The molecule has 5 nitrogen and oxygen atoms in total. The number of nitrogens with zero attached hydrogens (tertiary/aromatic N) is 2. The smallest absolute Gasteiger partial charge is 0.321 e. The molecule has 0 unspecified atom stereocenters. The minimum Gasteiger partial charge on any atom is -0.497 e. The molecule has 184 valence electrons. The number of rotatable bonds is 3. The fourth-order valence-corrected chi connectivity index (χ4v) is 4.97. The normalized spacial score (nSPS) is 19.6. The van der Waals surface area contributed by atoms with Crippen molar-refractivity contribution in [1.29, 1.82) is 0 Å². The van der Waals surface area contributed by atoms with Crippen LogP contribution in [-0.4, -0.2) is 55.2 Å². The number of halogens is 1. The molecule has 2 amide bonds. The highest BCUT2D eigenvalue weighted by Gasteiger charge is 2.41. The first-order chi connectivity index (χ1) is 17.6. The Hall–Kier alpha value is -3.82. The average molecular weight is 484 g/mol. The molecular weight excluding hydrogens is 453 g/mol. The Morgan fingerprint density at radius 1 is 0.944 bits per heavy atom. The molecule has 36 heavy (non-hydrogen) atoms. The first-order valence-electron chi connectivity index (χ1n) is 12.4. The number of ether oxygens (including phenoxy) is 1. The molecule has 0 radical (unpaired) electrons. The van der Waals surface area contributed by atoms with Crippen molar-refractivity contribution in [3.8, 4) is 17.6 Å². The standard InChI is InChI=1S/C30H30FN3O2/c1-36-27-15-11-23(12-16-27)8-7-22-9-13-24(14-10-22)28-20-33-17-2-3-18-34(21-29(28)33)30(35)32-26-6-4-5-25(31)19-26/h4-6,9-16,19,28-29H,2-3,17-18,20-21H2,1H3,(H,32,35)/t28-,29+/m0/s1. The molecule has 6 heteroatoms. The maximum atomic E-state index is 13.5. The lowest BCUT2D eigenvalue weighted by Gasteiger charge is -2.51. The fraction of sp³-hybridized carbons (Fsp3) is 0.300. The van der Waals surface area contributed by atoms with E-state index in [1.165, 1.54) is 17.7 Å². The van der Waals surface area contributed by atoms with Gasteiger partial charge in [0.2, 0.25) is 0 Å². The second kappa shape index (κ2) is 10.8. The monoisotopic (exact) mass is 483 g/mol. The summed E-state index contributed by atoms with van der Waals surface area (Å²) in [6, 6.07) is 22.3. The third-order valence-corrected chi connectivity index (χ3v) is 7.04. The van der Waals surface area contributed by atoms with Gasteiger partial charge in [0.05, 0.1) is 7.11 Å². The first-order valence-corrected chi connectivity index (χ1v) is 12.4. The summed E-state index contributed by atoms with van der Waals surface area (Å²) in [4.78, 5) is 17.3. The number of benzene rings is 3. The van der Waals surface area contributed by atoms with Gasteiger partial charge in [-0.05, 0) is 79.5 Å². The number of carbonyl (C=O) groups excluding carboxylic acids is 1. The quantitative estimate of drug-likeness (QED) is 0.512. The molecule has 2 fully saturated rings. The minimum absolute atomic E-state index is 0.169. The summed E-state index contributed by atoms with van der Waals surface area (Å²) in [7, 11) is 1.65. The number of amides is 2. The zero-order valence-electron chi connectivity index (χ0n) is 20.4. The van der Waals surface area contributed by atoms with E-state index in [2.05, 4.69) is 46.3 Å². The minimum atomic E-state index is -0.358. The Kier molecular flexibility index (Phi) is 7.20. The number of anilines is 1. The van der Waals surface area contributed by atoms with Crippen LogP contribution in [0.3, 0.4) is 0 Å². The van der Waals surface area contributed by atoms with Gasteiger partial charge in [0.25, 0.3) is 0 Å². The van der Waals surface area contributed by atoms with Crippen LogP contribution in [0.15, 0.2) is 72.8 Å². The van der Waals surface area contributed by atoms with E-state index in [-0.39, 0.29) is 17.9 Å². The number of methoxy groups -OCH3 is 1. The lowest BCUT2D eigenvalue weighted by Crippen LogP contribution is -2.61. The van der Waals surface area contributed by atoms with Gasteiger partial charge in [-0.2, -0.15) is 0 Å². The van der Waals surface area contributed by atoms with Crippen molar-refractivity contribution < 1.29 is 13.9 Å². The van der Waals surface area contributed by atoms with Crippen molar-refractivity contribution >= 4 is 11.7 Å². The van der Waals surface area contributed by atoms with Crippen molar-refractivity contribution in [2.75, 3.05) is 38.6 Å². The van der Waals surface area contributed by atoms with Crippen LogP contribution >= 0.6 is 0 Å². The van der Waals surface area contributed by atoms with Crippen LogP contribution in [0.2, 0.25) is 0 Å². The molecule has 2 aliphatic heterocycles. The lowest BCUT2D eigenvalue weighted by atomic mass is 9.81. The molecule has 0 saturated carbocycles. The Balaban J connectivity index is 1.24. The molecule has 0 aromatic heterocycles. The number of nitrogens with one attached hydrogen (secondary N) is 1. The van der Waals surface area contributed by atoms with Gasteiger partial charge in [0.15, 0.2) is 0 Å². The molecule has 2 atom stereocenters. The summed E-state index contributed by atoms with van der Waals surface area (Å²) in [6.07, 6.45) is 2.03. The molecule has 0 spiro atoms. The predicted octanol–water partition coefficient (Wildman–Crippen LogP) is 5.33. The van der Waals surface area contributed by atoms with Crippen LogP contribution in [-0.2, 0) is 0 Å². The van der Waals surface area contributed by atoms with Crippen molar-refractivity contribution in [2.24, 2.45) is 0 Å². The van der Waals surface area contributed by atoms with Crippen LogP contribution in [0.4, 0.5) is 14.9 Å². The van der Waals surface area contributed by atoms with Crippen LogP contribution in [0.1, 0.15) is 35.4 Å². The molecule has 2 aliphatic rings. The molecule has 3 aromatic carbocycles. The average Bonchev–Trinajstić information content (AvgIpc) is 2.88. The van der Waals surface area contributed by atoms with Crippen molar-refractivity contribution in [1.82, 2.24) is 9.80 Å². The zero-order chi connectivity index (χ0) is 24.9. The topological polar surface area (TPSA) is 44.8 Å². The molecule has 2 saturated heterocycles. The predicted molar refractivity (Wildman–Crippen MR) is 140 cm³/mol. The lowest BCUT2D eigenvalue weighted by molar-refractivity contribution is 0.0272. The Morgan fingerprint density at radius 3 is 2.33 bits per heavy atom. The fourth-order valence-electron chi connectivity index (χ4n) is 4.97. The molecule has 5 rings (SSSR count). The van der Waals surface area contributed by atoms with Gasteiger partial charge in [-0.25, -0.2) is 9.18 Å². The third-order valence-electron chi connectivity index (χ3n) is 7.04. The van der Waals surface area contributed by atoms with E-state index in [1.807, 2.05) is 29.2 Å². The second-order valence-electron chi connectivity index (χ2n) is 9.36.